The van der Waals surface area contributed by atoms with Crippen molar-refractivity contribution in [2.45, 2.75) is 61.9 Å². The van der Waals surface area contributed by atoms with E-state index >= 15 is 0 Å². The molecular formula is C29H39N5O7S2. The Kier molecular flexibility index (Phi) is 10.0. The highest BCUT2D eigenvalue weighted by Gasteiger charge is 2.51. The van der Waals surface area contributed by atoms with Crippen molar-refractivity contribution in [3.8, 4) is 5.75 Å². The lowest BCUT2D eigenvalue weighted by Crippen LogP contribution is -2.57. The van der Waals surface area contributed by atoms with E-state index in [1.54, 1.807) is 38.7 Å². The normalized spacial score (nSPS) is 20.1. The van der Waals surface area contributed by atoms with Crippen molar-refractivity contribution in [3.63, 3.8) is 0 Å². The third-order valence-corrected chi connectivity index (χ3v) is 10.8. The molecule has 2 aliphatic rings. The van der Waals surface area contributed by atoms with Gasteiger partial charge in [-0.05, 0) is 64.6 Å². The van der Waals surface area contributed by atoms with Crippen molar-refractivity contribution in [1.82, 2.24) is 24.4 Å². The van der Waals surface area contributed by atoms with Gasteiger partial charge in [-0.2, -0.15) is 4.31 Å². The number of rotatable bonds is 9. The zero-order chi connectivity index (χ0) is 31.5. The summed E-state index contributed by atoms with van der Waals surface area (Å²) in [7, 11) is -2.11. The van der Waals surface area contributed by atoms with Crippen LogP contribution in [0.15, 0.2) is 47.6 Å². The number of carbonyl (C=O) groups excluding carboxylic acids is 3. The number of phenolic OH excluding ortho intramolecular Hbond substituents is 1. The van der Waals surface area contributed by atoms with Crippen molar-refractivity contribution in [2.75, 3.05) is 39.1 Å². The smallest absolute Gasteiger partial charge is 0.329 e. The molecule has 1 aromatic heterocycles. The molecule has 43 heavy (non-hydrogen) atoms. The maximum absolute atomic E-state index is 13.9. The van der Waals surface area contributed by atoms with Gasteiger partial charge < -0.3 is 25.0 Å². The van der Waals surface area contributed by atoms with E-state index in [9.17, 15) is 27.9 Å². The molecule has 2 fully saturated rings. The van der Waals surface area contributed by atoms with Gasteiger partial charge >= 0.3 is 5.97 Å². The van der Waals surface area contributed by atoms with E-state index < -0.39 is 44.8 Å². The van der Waals surface area contributed by atoms with Crippen molar-refractivity contribution in [2.24, 2.45) is 0 Å². The quantitative estimate of drug-likeness (QED) is 0.391. The average molecular weight is 634 g/mol. The number of likely N-dealkylation sites (N-methyl/N-ethyl adjacent to an activating group) is 1. The molecule has 234 valence electrons. The second-order valence-electron chi connectivity index (χ2n) is 11.5. The van der Waals surface area contributed by atoms with Crippen LogP contribution in [0, 0.1) is 0 Å². The van der Waals surface area contributed by atoms with E-state index in [1.807, 2.05) is 7.05 Å². The minimum atomic E-state index is -4.09. The Hall–Kier alpha value is -3.20. The van der Waals surface area contributed by atoms with Crippen molar-refractivity contribution in [3.05, 3.63) is 53.9 Å². The number of hydrogen-bond acceptors (Lipinski definition) is 10. The zero-order valence-corrected chi connectivity index (χ0v) is 26.7. The first kappa shape index (κ1) is 32.7. The van der Waals surface area contributed by atoms with Crippen molar-refractivity contribution in [1.29, 1.82) is 0 Å². The number of pyridine rings is 1. The highest BCUT2D eigenvalue weighted by atomic mass is 32.2. The number of carbonyl (C=O) groups is 3. The lowest BCUT2D eigenvalue weighted by molar-refractivity contribution is -0.151. The molecule has 2 aromatic rings. The number of hydrogen-bond donors (Lipinski definition) is 2. The number of ether oxygens (including phenoxy) is 1. The minimum absolute atomic E-state index is 0.0328. The predicted molar refractivity (Wildman–Crippen MR) is 162 cm³/mol. The van der Waals surface area contributed by atoms with Gasteiger partial charge in [0.25, 0.3) is 5.91 Å². The minimum Gasteiger partial charge on any atom is -0.508 e. The number of esters is 1. The molecule has 2 N–H and O–H groups in total. The number of amides is 2. The van der Waals surface area contributed by atoms with Gasteiger partial charge in [-0.25, -0.2) is 13.2 Å². The number of sulfonamides is 1. The summed E-state index contributed by atoms with van der Waals surface area (Å²) < 4.78 is 32.9. The summed E-state index contributed by atoms with van der Waals surface area (Å²) in [5.74, 6) is -1.75. The standard InChI is InChI=1S/C29H39N5O7S2/c1-19(2)41-28(38)24(15-20-8-9-21(35)16-23(20)27(37)33-13-11-32(5)12-14-33)31-26(36)25-29(3,4)42-18-34(25)43(39,40)22-7-6-10-30-17-22/h6-10,16-17,19,24-25,35H,11-15,18H2,1-5H3,(H,31,36)/t24-,25-/m0/s1. The van der Waals surface area contributed by atoms with E-state index in [-0.39, 0.29) is 34.4 Å². The Morgan fingerprint density at radius 2 is 1.86 bits per heavy atom. The lowest BCUT2D eigenvalue weighted by atomic mass is 9.97. The van der Waals surface area contributed by atoms with Crippen LogP contribution >= 0.6 is 11.8 Å². The Morgan fingerprint density at radius 3 is 2.49 bits per heavy atom. The van der Waals surface area contributed by atoms with Crippen LogP contribution in [0.2, 0.25) is 0 Å². The summed E-state index contributed by atoms with van der Waals surface area (Å²) in [6, 6.07) is 4.87. The lowest BCUT2D eigenvalue weighted by Gasteiger charge is -2.33. The van der Waals surface area contributed by atoms with Crippen molar-refractivity contribution >= 4 is 39.6 Å². The van der Waals surface area contributed by atoms with Crippen LogP contribution in [0.25, 0.3) is 0 Å². The zero-order valence-electron chi connectivity index (χ0n) is 25.0. The fourth-order valence-electron chi connectivity index (χ4n) is 5.12. The summed E-state index contributed by atoms with van der Waals surface area (Å²) >= 11 is 1.31. The highest BCUT2D eigenvalue weighted by molar-refractivity contribution is 8.02. The molecule has 2 aliphatic heterocycles. The Bertz CT molecular complexity index is 1440. The van der Waals surface area contributed by atoms with Crippen LogP contribution in [0.3, 0.4) is 0 Å². The molecule has 0 spiro atoms. The summed E-state index contributed by atoms with van der Waals surface area (Å²) in [4.78, 5) is 48.4. The first-order chi connectivity index (χ1) is 20.2. The number of nitrogens with one attached hydrogen (secondary N) is 1. The Morgan fingerprint density at radius 1 is 1.16 bits per heavy atom. The van der Waals surface area contributed by atoms with E-state index in [0.29, 0.717) is 31.7 Å². The number of thioether (sulfide) groups is 1. The van der Waals surface area contributed by atoms with Gasteiger partial charge in [0.05, 0.1) is 12.0 Å². The van der Waals surface area contributed by atoms with Crippen LogP contribution in [0.5, 0.6) is 5.75 Å². The number of benzene rings is 1. The van der Waals surface area contributed by atoms with E-state index in [1.165, 1.54) is 48.4 Å². The molecule has 4 rings (SSSR count). The fourth-order valence-corrected chi connectivity index (χ4v) is 8.25. The highest BCUT2D eigenvalue weighted by Crippen LogP contribution is 2.42. The van der Waals surface area contributed by atoms with E-state index in [4.69, 9.17) is 4.74 Å². The van der Waals surface area contributed by atoms with Gasteiger partial charge in [0.15, 0.2) is 0 Å². The van der Waals surface area contributed by atoms with Gasteiger partial charge in [-0.3, -0.25) is 14.6 Å². The maximum atomic E-state index is 13.9. The van der Waals surface area contributed by atoms with Crippen LogP contribution < -0.4 is 5.32 Å². The van der Waals surface area contributed by atoms with Crippen LogP contribution in [-0.2, 0) is 30.8 Å². The van der Waals surface area contributed by atoms with E-state index in [2.05, 4.69) is 15.2 Å². The monoisotopic (exact) mass is 633 g/mol. The number of nitrogens with zero attached hydrogens (tertiary/aromatic N) is 4. The average Bonchev–Trinajstić information content (AvgIpc) is 3.29. The molecule has 3 heterocycles. The fraction of sp³-hybridized carbons (Fsp3) is 0.517. The first-order valence-electron chi connectivity index (χ1n) is 14.1. The van der Waals surface area contributed by atoms with Crippen LogP contribution in [0.4, 0.5) is 0 Å². The van der Waals surface area contributed by atoms with Crippen molar-refractivity contribution < 1.29 is 32.6 Å². The maximum Gasteiger partial charge on any atom is 0.329 e. The van der Waals surface area contributed by atoms with Crippen LogP contribution in [0.1, 0.15) is 43.6 Å². The molecule has 0 bridgehead atoms. The SMILES string of the molecule is CC(C)OC(=O)[C@H](Cc1ccc(O)cc1C(=O)N1CCN(C)CC1)NC(=O)[C@@H]1N(S(=O)(=O)c2cccnc2)CSC1(C)C. The summed E-state index contributed by atoms with van der Waals surface area (Å²) in [5.41, 5.74) is 0.659. The molecule has 2 saturated heterocycles. The van der Waals surface area contributed by atoms with E-state index in [0.717, 1.165) is 4.31 Å². The number of aromatic hydroxyl groups is 1. The molecule has 0 radical (unpaired) electrons. The summed E-state index contributed by atoms with van der Waals surface area (Å²) in [6.45, 7) is 9.33. The van der Waals surface area contributed by atoms with Crippen LogP contribution in [-0.4, -0.2) is 112 Å². The Balaban J connectivity index is 1.64. The number of piperazine rings is 1. The first-order valence-corrected chi connectivity index (χ1v) is 16.5. The Labute approximate surface area is 256 Å². The van der Waals surface area contributed by atoms with Gasteiger partial charge in [0.2, 0.25) is 15.9 Å². The van der Waals surface area contributed by atoms with Gasteiger partial charge in [-0.1, -0.05) is 6.07 Å². The topological polar surface area (TPSA) is 149 Å². The van der Waals surface area contributed by atoms with Gasteiger partial charge in [0.1, 0.15) is 22.7 Å². The summed E-state index contributed by atoms with van der Waals surface area (Å²) in [6.07, 6.45) is 2.09. The summed E-state index contributed by atoms with van der Waals surface area (Å²) in [5, 5.41) is 13.0. The molecular weight excluding hydrogens is 594 g/mol. The molecule has 0 aliphatic carbocycles. The third-order valence-electron chi connectivity index (χ3n) is 7.49. The second kappa shape index (κ2) is 13.2. The van der Waals surface area contributed by atoms with Gasteiger partial charge in [0, 0.05) is 55.3 Å². The second-order valence-corrected chi connectivity index (χ2v) is 15.0. The largest absolute Gasteiger partial charge is 0.508 e. The molecule has 12 nitrogen and oxygen atoms in total. The number of aromatic nitrogens is 1. The molecule has 0 saturated carbocycles. The molecule has 0 unspecified atom stereocenters. The van der Waals surface area contributed by atoms with Gasteiger partial charge in [-0.15, -0.1) is 11.8 Å². The molecule has 1 aromatic carbocycles. The third kappa shape index (κ3) is 7.48. The number of phenols is 1. The molecule has 2 atom stereocenters. The molecule has 14 heteroatoms. The predicted octanol–water partition coefficient (Wildman–Crippen LogP) is 1.70. The molecule has 2 amide bonds.